The summed E-state index contributed by atoms with van der Waals surface area (Å²) >= 11 is 5.88. The number of hydrogen-bond donors (Lipinski definition) is 0. The molecule has 0 radical (unpaired) electrons. The Morgan fingerprint density at radius 3 is 2.31 bits per heavy atom. The molecule has 0 saturated carbocycles. The maximum Gasteiger partial charge on any atom is 0.331 e. The van der Waals surface area contributed by atoms with E-state index in [4.69, 9.17) is 25.8 Å². The molecule has 2 aromatic carbocycles. The molecule has 0 fully saturated rings. The van der Waals surface area contributed by atoms with E-state index in [2.05, 4.69) is 6.58 Å². The summed E-state index contributed by atoms with van der Waals surface area (Å²) < 4.78 is 16.3. The van der Waals surface area contributed by atoms with Crippen molar-refractivity contribution in [3.8, 4) is 5.75 Å². The molecule has 0 N–H and O–H groups in total. The fourth-order valence-corrected chi connectivity index (χ4v) is 3.68. The number of Topliss-reactive ketones (excluding diaryl/α,β-unsaturated/α-hetero) is 1. The lowest BCUT2D eigenvalue weighted by Crippen LogP contribution is -2.51. The first-order valence-electron chi connectivity index (χ1n) is 11.3. The van der Waals surface area contributed by atoms with Crippen LogP contribution in [0.1, 0.15) is 24.5 Å². The summed E-state index contributed by atoms with van der Waals surface area (Å²) in [6, 6.07) is 15.5. The molecule has 0 spiro atoms. The number of ether oxygens (including phenoxy) is 3. The largest absolute Gasteiger partial charge is 0.497 e. The number of methoxy groups -OCH3 is 1. The normalized spacial score (nSPS) is 12.3. The first-order valence-corrected chi connectivity index (χ1v) is 11.8. The number of rotatable bonds is 15. The number of halogens is 1. The average Bonchev–Trinajstić information content (AvgIpc) is 2.87. The van der Waals surface area contributed by atoms with Crippen LogP contribution >= 0.6 is 11.6 Å². The minimum Gasteiger partial charge on any atom is -0.497 e. The highest BCUT2D eigenvalue weighted by Gasteiger charge is 2.36. The fourth-order valence-electron chi connectivity index (χ4n) is 3.46. The van der Waals surface area contributed by atoms with E-state index in [0.717, 1.165) is 11.1 Å². The molecule has 0 saturated heterocycles. The molecule has 8 heteroatoms. The number of carbonyl (C=O) groups is 3. The van der Waals surface area contributed by atoms with E-state index in [-0.39, 0.29) is 44.4 Å². The number of amides is 1. The number of carbonyl (C=O) groups excluding carboxylic acids is 3. The van der Waals surface area contributed by atoms with Crippen molar-refractivity contribution in [2.45, 2.75) is 32.5 Å². The van der Waals surface area contributed by atoms with Gasteiger partial charge in [-0.05, 0) is 36.6 Å². The monoisotopic (exact) mass is 501 g/mol. The minimum atomic E-state index is -1.08. The zero-order valence-corrected chi connectivity index (χ0v) is 20.9. The van der Waals surface area contributed by atoms with E-state index in [1.165, 1.54) is 17.9 Å². The Morgan fingerprint density at radius 1 is 1.06 bits per heavy atom. The standard InChI is InChI=1S/C27H32ClNO6/c1-4-16-35-27(32)25(19-34-18-22-8-6-5-7-9-22)29(26(31)24(14-15-28)20(2)30)17-21-10-12-23(33-3)13-11-21/h4-13,24-25H,1,14-19H2,2-3H3. The lowest BCUT2D eigenvalue weighted by Gasteiger charge is -2.32. The summed E-state index contributed by atoms with van der Waals surface area (Å²) in [5.74, 6) is -1.66. The van der Waals surface area contributed by atoms with Crippen LogP contribution in [-0.4, -0.2) is 54.8 Å². The van der Waals surface area contributed by atoms with Crippen LogP contribution in [0.4, 0.5) is 0 Å². The summed E-state index contributed by atoms with van der Waals surface area (Å²) in [7, 11) is 1.56. The first-order chi connectivity index (χ1) is 16.9. The van der Waals surface area contributed by atoms with Crippen molar-refractivity contribution in [2.75, 3.05) is 26.2 Å². The van der Waals surface area contributed by atoms with Crippen LogP contribution in [0, 0.1) is 5.92 Å². The van der Waals surface area contributed by atoms with Gasteiger partial charge in [-0.3, -0.25) is 9.59 Å². The molecule has 2 rings (SSSR count). The second-order valence-corrected chi connectivity index (χ2v) is 8.27. The van der Waals surface area contributed by atoms with Gasteiger partial charge in [0, 0.05) is 12.4 Å². The quantitative estimate of drug-likeness (QED) is 0.158. The number of hydrogen-bond acceptors (Lipinski definition) is 6. The van der Waals surface area contributed by atoms with Crippen molar-refractivity contribution in [1.82, 2.24) is 4.90 Å². The number of ketones is 1. The molecule has 7 nitrogen and oxygen atoms in total. The Hall–Kier alpha value is -3.16. The fraction of sp³-hybridized carbons (Fsp3) is 0.370. The van der Waals surface area contributed by atoms with Crippen molar-refractivity contribution in [3.05, 3.63) is 78.4 Å². The predicted molar refractivity (Wildman–Crippen MR) is 134 cm³/mol. The van der Waals surface area contributed by atoms with E-state index in [1.54, 1.807) is 31.4 Å². The number of esters is 1. The Bertz CT molecular complexity index is 963. The lowest BCUT2D eigenvalue weighted by atomic mass is 9.98. The molecule has 188 valence electrons. The highest BCUT2D eigenvalue weighted by molar-refractivity contribution is 6.18. The maximum atomic E-state index is 13.6. The van der Waals surface area contributed by atoms with Gasteiger partial charge in [-0.2, -0.15) is 0 Å². The van der Waals surface area contributed by atoms with E-state index in [9.17, 15) is 14.4 Å². The Morgan fingerprint density at radius 2 is 1.74 bits per heavy atom. The summed E-state index contributed by atoms with van der Waals surface area (Å²) in [6.07, 6.45) is 1.61. The van der Waals surface area contributed by atoms with Gasteiger partial charge in [-0.25, -0.2) is 4.79 Å². The highest BCUT2D eigenvalue weighted by Crippen LogP contribution is 2.20. The minimum absolute atomic E-state index is 0.0175. The smallest absolute Gasteiger partial charge is 0.331 e. The van der Waals surface area contributed by atoms with E-state index in [0.29, 0.717) is 5.75 Å². The summed E-state index contributed by atoms with van der Waals surface area (Å²) in [4.78, 5) is 40.3. The molecule has 0 heterocycles. The van der Waals surface area contributed by atoms with Gasteiger partial charge < -0.3 is 19.1 Å². The van der Waals surface area contributed by atoms with Gasteiger partial charge in [0.25, 0.3) is 0 Å². The van der Waals surface area contributed by atoms with E-state index < -0.39 is 23.8 Å². The lowest BCUT2D eigenvalue weighted by molar-refractivity contribution is -0.160. The van der Waals surface area contributed by atoms with Crippen LogP contribution in [0.2, 0.25) is 0 Å². The molecule has 2 unspecified atom stereocenters. The van der Waals surface area contributed by atoms with Gasteiger partial charge in [0.1, 0.15) is 18.1 Å². The molecule has 0 aromatic heterocycles. The number of nitrogens with zero attached hydrogens (tertiary/aromatic N) is 1. The predicted octanol–water partition coefficient (Wildman–Crippen LogP) is 4.17. The second-order valence-electron chi connectivity index (χ2n) is 7.89. The van der Waals surface area contributed by atoms with Gasteiger partial charge in [-0.15, -0.1) is 11.6 Å². The number of alkyl halides is 1. The van der Waals surface area contributed by atoms with Crippen LogP contribution in [-0.2, 0) is 37.0 Å². The van der Waals surface area contributed by atoms with Crippen LogP contribution in [0.25, 0.3) is 0 Å². The molecule has 2 atom stereocenters. The van der Waals surface area contributed by atoms with Gasteiger partial charge in [0.2, 0.25) is 5.91 Å². The zero-order chi connectivity index (χ0) is 25.6. The average molecular weight is 502 g/mol. The Balaban J connectivity index is 2.37. The Labute approximate surface area is 211 Å². The third-order valence-corrected chi connectivity index (χ3v) is 5.58. The third kappa shape index (κ3) is 8.85. The molecule has 0 aliphatic carbocycles. The summed E-state index contributed by atoms with van der Waals surface area (Å²) in [6.45, 7) is 5.10. The number of benzene rings is 2. The second kappa shape index (κ2) is 15.0. The van der Waals surface area contributed by atoms with Gasteiger partial charge >= 0.3 is 5.97 Å². The molecule has 35 heavy (non-hydrogen) atoms. The molecule has 0 bridgehead atoms. The van der Waals surface area contributed by atoms with Gasteiger partial charge in [0.15, 0.2) is 6.04 Å². The van der Waals surface area contributed by atoms with Crippen molar-refractivity contribution < 1.29 is 28.6 Å². The zero-order valence-electron chi connectivity index (χ0n) is 20.2. The van der Waals surface area contributed by atoms with Crippen LogP contribution in [0.15, 0.2) is 67.3 Å². The highest BCUT2D eigenvalue weighted by atomic mass is 35.5. The van der Waals surface area contributed by atoms with Crippen molar-refractivity contribution in [3.63, 3.8) is 0 Å². The van der Waals surface area contributed by atoms with Gasteiger partial charge in [0.05, 0.1) is 26.2 Å². The van der Waals surface area contributed by atoms with Crippen LogP contribution in [0.5, 0.6) is 5.75 Å². The van der Waals surface area contributed by atoms with Gasteiger partial charge in [-0.1, -0.05) is 55.1 Å². The van der Waals surface area contributed by atoms with Crippen molar-refractivity contribution in [2.24, 2.45) is 5.92 Å². The molecular weight excluding hydrogens is 470 g/mol. The van der Waals surface area contributed by atoms with Crippen LogP contribution < -0.4 is 4.74 Å². The molecular formula is C27H32ClNO6. The molecule has 2 aromatic rings. The van der Waals surface area contributed by atoms with Crippen molar-refractivity contribution in [1.29, 1.82) is 0 Å². The first kappa shape index (κ1) is 28.1. The molecule has 1 amide bonds. The SMILES string of the molecule is C=CCOC(=O)C(COCc1ccccc1)N(Cc1ccc(OC)cc1)C(=O)C(CCCl)C(C)=O. The molecule has 0 aliphatic rings. The van der Waals surface area contributed by atoms with E-state index >= 15 is 0 Å². The maximum absolute atomic E-state index is 13.6. The summed E-state index contributed by atoms with van der Waals surface area (Å²) in [5.41, 5.74) is 1.67. The molecule has 0 aliphatic heterocycles. The Kier molecular flexibility index (Phi) is 12.0. The topological polar surface area (TPSA) is 82.1 Å². The summed E-state index contributed by atoms with van der Waals surface area (Å²) in [5, 5.41) is 0. The van der Waals surface area contributed by atoms with E-state index in [1.807, 2.05) is 30.3 Å². The van der Waals surface area contributed by atoms with Crippen LogP contribution in [0.3, 0.4) is 0 Å². The third-order valence-electron chi connectivity index (χ3n) is 5.36. The van der Waals surface area contributed by atoms with Crippen molar-refractivity contribution >= 4 is 29.3 Å².